The van der Waals surface area contributed by atoms with Crippen molar-refractivity contribution in [1.29, 1.82) is 0 Å². The zero-order valence-corrected chi connectivity index (χ0v) is 18.9. The van der Waals surface area contributed by atoms with Gasteiger partial charge in [-0.15, -0.1) is 8.80 Å². The molecule has 0 radical (unpaired) electrons. The predicted molar refractivity (Wildman–Crippen MR) is 126 cm³/mol. The molecule has 1 atom stereocenters. The van der Waals surface area contributed by atoms with E-state index in [1.807, 2.05) is 58.0 Å². The molecule has 1 aliphatic heterocycles. The molecule has 0 saturated heterocycles. The van der Waals surface area contributed by atoms with Gasteiger partial charge in [0.05, 0.1) is 11.3 Å². The molecular formula is C21H29N5O3S. The number of carbonyl (C=O) groups excluding carboxylic acids is 1. The molecule has 162 valence electrons. The summed E-state index contributed by atoms with van der Waals surface area (Å²) in [5.74, 6) is -0.0692. The van der Waals surface area contributed by atoms with Crippen LogP contribution in [-0.4, -0.2) is 45.9 Å². The molecule has 0 saturated carbocycles. The van der Waals surface area contributed by atoms with Gasteiger partial charge in [0.1, 0.15) is 0 Å². The average molecular weight is 432 g/mol. The number of rotatable bonds is 3. The standard InChI is InChI=1S/C17H17N5O3S.2C2H6/c1-22(2)17(24)12-9-6-10-13(14(12)23)19-16-15(20-26(25)21-16)18-11-7-4-3-5-8-11;2*1-2/h3-10,23H,1-2H3,(H,18,20)(H,19,21);2*1-2H3. The summed E-state index contributed by atoms with van der Waals surface area (Å²) in [6.07, 6.45) is 0. The van der Waals surface area contributed by atoms with E-state index in [0.29, 0.717) is 0 Å². The molecule has 2 aromatic carbocycles. The Kier molecular flexibility index (Phi) is 10.3. The molecule has 2 aromatic rings. The van der Waals surface area contributed by atoms with Crippen LogP contribution in [0.25, 0.3) is 0 Å². The Morgan fingerprint density at radius 2 is 1.47 bits per heavy atom. The number of nitrogens with zero attached hydrogens (tertiary/aromatic N) is 3. The van der Waals surface area contributed by atoms with Gasteiger partial charge in [-0.1, -0.05) is 52.0 Å². The van der Waals surface area contributed by atoms with Crippen molar-refractivity contribution < 1.29 is 14.1 Å². The second-order valence-electron chi connectivity index (χ2n) is 5.63. The summed E-state index contributed by atoms with van der Waals surface area (Å²) in [5.41, 5.74) is 1.16. The molecule has 0 fully saturated rings. The largest absolute Gasteiger partial charge is 0.505 e. The molecule has 0 aromatic heterocycles. The Morgan fingerprint density at radius 1 is 0.900 bits per heavy atom. The summed E-state index contributed by atoms with van der Waals surface area (Å²) < 4.78 is 19.6. The summed E-state index contributed by atoms with van der Waals surface area (Å²) in [7, 11) is 3.20. The molecule has 8 nitrogen and oxygen atoms in total. The number of aromatic hydroxyl groups is 1. The fraction of sp³-hybridized carbons (Fsp3) is 0.286. The molecular weight excluding hydrogens is 402 g/mol. The summed E-state index contributed by atoms with van der Waals surface area (Å²) in [6, 6.07) is 14.0. The van der Waals surface area contributed by atoms with Crippen LogP contribution in [0.2, 0.25) is 0 Å². The van der Waals surface area contributed by atoms with Crippen LogP contribution in [0.5, 0.6) is 5.75 Å². The van der Waals surface area contributed by atoms with Crippen LogP contribution in [0.1, 0.15) is 38.1 Å². The molecule has 3 rings (SSSR count). The van der Waals surface area contributed by atoms with E-state index < -0.39 is 11.2 Å². The summed E-state index contributed by atoms with van der Waals surface area (Å²) in [4.78, 5) is 13.5. The third-order valence-corrected chi connectivity index (χ3v) is 4.20. The van der Waals surface area contributed by atoms with Crippen LogP contribution < -0.4 is 10.6 Å². The highest BCUT2D eigenvalue weighted by Gasteiger charge is 2.22. The van der Waals surface area contributed by atoms with Crippen LogP contribution in [0.15, 0.2) is 57.3 Å². The van der Waals surface area contributed by atoms with Gasteiger partial charge in [0.2, 0.25) is 0 Å². The van der Waals surface area contributed by atoms with Crippen LogP contribution in [0.4, 0.5) is 11.4 Å². The molecule has 30 heavy (non-hydrogen) atoms. The van der Waals surface area contributed by atoms with Gasteiger partial charge in [0, 0.05) is 19.8 Å². The molecule has 0 spiro atoms. The normalized spacial score (nSPS) is 14.1. The number of benzene rings is 2. The maximum Gasteiger partial charge on any atom is 0.269 e. The van der Waals surface area contributed by atoms with Crippen molar-refractivity contribution in [1.82, 2.24) is 4.90 Å². The number of amidine groups is 2. The van der Waals surface area contributed by atoms with Crippen molar-refractivity contribution in [3.8, 4) is 5.75 Å². The van der Waals surface area contributed by atoms with Gasteiger partial charge in [-0.25, -0.2) is 4.21 Å². The Bertz CT molecular complexity index is 927. The lowest BCUT2D eigenvalue weighted by atomic mass is 10.1. The van der Waals surface area contributed by atoms with E-state index in [0.717, 1.165) is 5.69 Å². The number of amides is 1. The zero-order valence-electron chi connectivity index (χ0n) is 18.1. The number of para-hydroxylation sites is 2. The maximum atomic E-state index is 12.1. The minimum Gasteiger partial charge on any atom is -0.505 e. The van der Waals surface area contributed by atoms with Crippen LogP contribution in [0, 0.1) is 0 Å². The van der Waals surface area contributed by atoms with Gasteiger partial charge < -0.3 is 20.6 Å². The monoisotopic (exact) mass is 431 g/mol. The lowest BCUT2D eigenvalue weighted by Gasteiger charge is -2.15. The first-order valence-corrected chi connectivity index (χ1v) is 10.7. The minimum atomic E-state index is -1.76. The molecule has 3 N–H and O–H groups in total. The number of phenolic OH excluding ortho intramolecular Hbond substituents is 1. The summed E-state index contributed by atoms with van der Waals surface area (Å²) >= 11 is -1.76. The fourth-order valence-corrected chi connectivity index (χ4v) is 2.89. The van der Waals surface area contributed by atoms with Crippen molar-refractivity contribution in [2.45, 2.75) is 27.7 Å². The quantitative estimate of drug-likeness (QED) is 0.636. The topological polar surface area (TPSA) is 106 Å². The van der Waals surface area contributed by atoms with Crippen LogP contribution in [0.3, 0.4) is 0 Å². The first-order chi connectivity index (χ1) is 14.5. The lowest BCUT2D eigenvalue weighted by molar-refractivity contribution is 0.0824. The zero-order chi connectivity index (χ0) is 22.7. The Morgan fingerprint density at radius 3 is 2.03 bits per heavy atom. The number of phenols is 1. The molecule has 1 heterocycles. The Labute approximate surface area is 180 Å². The third kappa shape index (κ3) is 6.41. The summed E-state index contributed by atoms with van der Waals surface area (Å²) in [5, 5.41) is 16.3. The smallest absolute Gasteiger partial charge is 0.269 e. The van der Waals surface area contributed by atoms with E-state index >= 15 is 0 Å². The second kappa shape index (κ2) is 12.4. The van der Waals surface area contributed by atoms with E-state index in [-0.39, 0.29) is 34.6 Å². The SMILES string of the molecule is CC.CC.CN(C)C(=O)c1cccc(NC2=NS(=O)N=C2Nc2ccccc2)c1O. The number of nitrogens with one attached hydrogen (secondary N) is 2. The van der Waals surface area contributed by atoms with E-state index in [4.69, 9.17) is 0 Å². The number of anilines is 2. The summed E-state index contributed by atoms with van der Waals surface area (Å²) in [6.45, 7) is 8.00. The molecule has 0 aliphatic carbocycles. The van der Waals surface area contributed by atoms with E-state index in [9.17, 15) is 14.1 Å². The van der Waals surface area contributed by atoms with Gasteiger partial charge >= 0.3 is 0 Å². The number of hydrogen-bond acceptors (Lipinski definition) is 5. The van der Waals surface area contributed by atoms with Crippen molar-refractivity contribution >= 4 is 40.1 Å². The van der Waals surface area contributed by atoms with Gasteiger partial charge in [0.15, 0.2) is 17.4 Å². The van der Waals surface area contributed by atoms with E-state index in [1.54, 1.807) is 26.2 Å². The Balaban J connectivity index is 0.00000106. The molecule has 9 heteroatoms. The van der Waals surface area contributed by atoms with Crippen LogP contribution in [-0.2, 0) is 11.2 Å². The predicted octanol–water partition coefficient (Wildman–Crippen LogP) is 4.06. The van der Waals surface area contributed by atoms with E-state index in [1.165, 1.54) is 11.0 Å². The first kappa shape index (κ1) is 24.8. The highest BCUT2D eigenvalue weighted by molar-refractivity contribution is 7.83. The lowest BCUT2D eigenvalue weighted by Crippen LogP contribution is -2.27. The highest BCUT2D eigenvalue weighted by Crippen LogP contribution is 2.28. The first-order valence-electron chi connectivity index (χ1n) is 9.68. The third-order valence-electron chi connectivity index (χ3n) is 3.53. The maximum absolute atomic E-state index is 12.1. The van der Waals surface area contributed by atoms with Crippen LogP contribution >= 0.6 is 0 Å². The van der Waals surface area contributed by atoms with E-state index in [2.05, 4.69) is 19.4 Å². The molecule has 1 aliphatic rings. The molecule has 1 amide bonds. The van der Waals surface area contributed by atoms with Crippen molar-refractivity contribution in [2.75, 3.05) is 24.7 Å². The van der Waals surface area contributed by atoms with Crippen molar-refractivity contribution in [3.05, 3.63) is 54.1 Å². The Hall–Kier alpha value is -3.20. The van der Waals surface area contributed by atoms with Crippen molar-refractivity contribution in [3.63, 3.8) is 0 Å². The molecule has 1 unspecified atom stereocenters. The van der Waals surface area contributed by atoms with Gasteiger partial charge in [-0.2, -0.15) is 0 Å². The highest BCUT2D eigenvalue weighted by atomic mass is 32.2. The van der Waals surface area contributed by atoms with Gasteiger partial charge in [-0.3, -0.25) is 4.79 Å². The average Bonchev–Trinajstić information content (AvgIpc) is 3.11. The number of carbonyl (C=O) groups is 1. The number of hydrogen-bond donors (Lipinski definition) is 3. The fourth-order valence-electron chi connectivity index (χ4n) is 2.27. The minimum absolute atomic E-state index is 0.147. The molecule has 0 bridgehead atoms. The second-order valence-corrected chi connectivity index (χ2v) is 6.45. The van der Waals surface area contributed by atoms with Gasteiger partial charge in [-0.05, 0) is 24.3 Å². The van der Waals surface area contributed by atoms with Crippen molar-refractivity contribution in [2.24, 2.45) is 8.80 Å². The van der Waals surface area contributed by atoms with Gasteiger partial charge in [0.25, 0.3) is 17.1 Å².